The molecule has 1 unspecified atom stereocenters. The first-order chi connectivity index (χ1) is 15.4. The van der Waals surface area contributed by atoms with Crippen molar-refractivity contribution in [1.29, 1.82) is 5.26 Å². The van der Waals surface area contributed by atoms with Gasteiger partial charge in [-0.05, 0) is 19.1 Å². The Kier molecular flexibility index (Phi) is 5.55. The lowest BCUT2D eigenvalue weighted by atomic mass is 10.0. The van der Waals surface area contributed by atoms with Crippen LogP contribution in [-0.4, -0.2) is 63.8 Å². The van der Waals surface area contributed by atoms with Crippen LogP contribution in [-0.2, 0) is 4.79 Å². The molecule has 1 aliphatic heterocycles. The van der Waals surface area contributed by atoms with E-state index in [9.17, 15) is 14.4 Å². The average Bonchev–Trinajstić information content (AvgIpc) is 3.21. The van der Waals surface area contributed by atoms with E-state index < -0.39 is 11.9 Å². The Balaban J connectivity index is 1.55. The van der Waals surface area contributed by atoms with Crippen LogP contribution in [0.2, 0.25) is 0 Å². The molecule has 0 bridgehead atoms. The fourth-order valence-electron chi connectivity index (χ4n) is 3.52. The summed E-state index contributed by atoms with van der Waals surface area (Å²) in [6.45, 7) is 2.37. The van der Waals surface area contributed by atoms with Crippen LogP contribution in [0.4, 0.5) is 0 Å². The van der Waals surface area contributed by atoms with E-state index >= 15 is 0 Å². The highest BCUT2D eigenvalue weighted by atomic mass is 16.2. The van der Waals surface area contributed by atoms with Gasteiger partial charge in [0, 0.05) is 37.5 Å². The maximum absolute atomic E-state index is 12.8. The summed E-state index contributed by atoms with van der Waals surface area (Å²) in [7, 11) is 1.56. The lowest BCUT2D eigenvalue weighted by molar-refractivity contribution is -0.137. The van der Waals surface area contributed by atoms with Gasteiger partial charge in [0.1, 0.15) is 11.6 Å². The summed E-state index contributed by atoms with van der Waals surface area (Å²) in [4.78, 5) is 50.6. The van der Waals surface area contributed by atoms with Gasteiger partial charge in [-0.15, -0.1) is 0 Å². The molecule has 2 aromatic heterocycles. The molecule has 162 valence electrons. The molecule has 0 saturated carbocycles. The van der Waals surface area contributed by atoms with E-state index in [2.05, 4.69) is 31.7 Å². The Morgan fingerprint density at radius 3 is 2.78 bits per heavy atom. The monoisotopic (exact) mass is 431 g/mol. The van der Waals surface area contributed by atoms with Gasteiger partial charge in [-0.1, -0.05) is 12.1 Å². The Morgan fingerprint density at radius 1 is 1.28 bits per heavy atom. The molecule has 32 heavy (non-hydrogen) atoms. The third kappa shape index (κ3) is 3.88. The Morgan fingerprint density at radius 2 is 2.06 bits per heavy atom. The lowest BCUT2D eigenvalue weighted by Crippen LogP contribution is -2.55. The number of rotatable bonds is 5. The zero-order valence-electron chi connectivity index (χ0n) is 17.5. The van der Waals surface area contributed by atoms with Crippen LogP contribution in [0.1, 0.15) is 27.6 Å². The summed E-state index contributed by atoms with van der Waals surface area (Å²) in [5.41, 5.74) is 2.72. The molecule has 0 aliphatic carbocycles. The molecule has 3 amide bonds. The third-order valence-electron chi connectivity index (χ3n) is 5.37. The highest BCUT2D eigenvalue weighted by Gasteiger charge is 2.33. The molecule has 10 nitrogen and oxygen atoms in total. The first-order valence-corrected chi connectivity index (χ1v) is 10.1. The minimum Gasteiger partial charge on any atom is -0.355 e. The molecule has 10 heteroatoms. The largest absolute Gasteiger partial charge is 0.355 e. The van der Waals surface area contributed by atoms with Crippen LogP contribution in [0.5, 0.6) is 0 Å². The Labute approximate surface area is 183 Å². The van der Waals surface area contributed by atoms with Gasteiger partial charge in [-0.2, -0.15) is 5.26 Å². The maximum Gasteiger partial charge on any atom is 0.255 e. The SMILES string of the molecule is CNC(=O)c1cccc(-c2cnc3[nH]cc(C(=O)NC(C)C(=O)N4CC(C#N)C4)c3n2)c1. The summed E-state index contributed by atoms with van der Waals surface area (Å²) in [6.07, 6.45) is 3.06. The van der Waals surface area contributed by atoms with Crippen molar-refractivity contribution in [2.45, 2.75) is 13.0 Å². The van der Waals surface area contributed by atoms with Gasteiger partial charge in [-0.25, -0.2) is 9.97 Å². The molecule has 3 N–H and O–H groups in total. The maximum atomic E-state index is 12.8. The number of aromatic nitrogens is 3. The van der Waals surface area contributed by atoms with Crippen molar-refractivity contribution >= 4 is 28.9 Å². The summed E-state index contributed by atoms with van der Waals surface area (Å²) in [5, 5.41) is 14.1. The fourth-order valence-corrected chi connectivity index (χ4v) is 3.52. The second kappa shape index (κ2) is 8.47. The van der Waals surface area contributed by atoms with Crippen molar-refractivity contribution in [3.8, 4) is 17.3 Å². The molecular formula is C22H21N7O3. The molecule has 0 radical (unpaired) electrons. The number of aromatic amines is 1. The van der Waals surface area contributed by atoms with Crippen LogP contribution >= 0.6 is 0 Å². The minimum absolute atomic E-state index is 0.147. The topological polar surface area (TPSA) is 144 Å². The van der Waals surface area contributed by atoms with E-state index in [1.54, 1.807) is 49.3 Å². The van der Waals surface area contributed by atoms with Gasteiger partial charge < -0.3 is 20.5 Å². The van der Waals surface area contributed by atoms with Crippen LogP contribution in [0.25, 0.3) is 22.4 Å². The fraction of sp³-hybridized carbons (Fsp3) is 0.273. The van der Waals surface area contributed by atoms with E-state index in [0.29, 0.717) is 41.1 Å². The number of fused-ring (bicyclic) bond motifs is 1. The van der Waals surface area contributed by atoms with Crippen LogP contribution in [0.3, 0.4) is 0 Å². The van der Waals surface area contributed by atoms with Gasteiger partial charge in [0.15, 0.2) is 5.65 Å². The van der Waals surface area contributed by atoms with Gasteiger partial charge in [-0.3, -0.25) is 14.4 Å². The van der Waals surface area contributed by atoms with Crippen LogP contribution < -0.4 is 10.6 Å². The molecule has 1 aromatic carbocycles. The van der Waals surface area contributed by atoms with Crippen molar-refractivity contribution in [3.05, 3.63) is 47.8 Å². The Hall–Kier alpha value is -4.26. The second-order valence-electron chi connectivity index (χ2n) is 7.58. The Bertz CT molecular complexity index is 1250. The van der Waals surface area contributed by atoms with E-state index in [-0.39, 0.29) is 23.3 Å². The van der Waals surface area contributed by atoms with Crippen LogP contribution in [0.15, 0.2) is 36.7 Å². The number of nitrogens with one attached hydrogen (secondary N) is 3. The normalized spacial score (nSPS) is 14.3. The van der Waals surface area contributed by atoms with Crippen molar-refractivity contribution in [3.63, 3.8) is 0 Å². The molecule has 1 saturated heterocycles. The summed E-state index contributed by atoms with van der Waals surface area (Å²) >= 11 is 0. The number of nitriles is 1. The number of benzene rings is 1. The molecule has 1 aliphatic rings. The molecule has 4 rings (SSSR count). The minimum atomic E-state index is -0.743. The summed E-state index contributed by atoms with van der Waals surface area (Å²) in [5.74, 6) is -1.06. The van der Waals surface area contributed by atoms with Crippen molar-refractivity contribution in [1.82, 2.24) is 30.5 Å². The van der Waals surface area contributed by atoms with Gasteiger partial charge >= 0.3 is 0 Å². The third-order valence-corrected chi connectivity index (χ3v) is 5.37. The van der Waals surface area contributed by atoms with Crippen molar-refractivity contribution in [2.24, 2.45) is 5.92 Å². The number of hydrogen-bond donors (Lipinski definition) is 3. The quantitative estimate of drug-likeness (QED) is 0.552. The van der Waals surface area contributed by atoms with Crippen molar-refractivity contribution < 1.29 is 14.4 Å². The number of H-pyrrole nitrogens is 1. The van der Waals surface area contributed by atoms with Gasteiger partial charge in [0.05, 0.1) is 29.4 Å². The van der Waals surface area contributed by atoms with E-state index in [1.165, 1.54) is 6.20 Å². The average molecular weight is 431 g/mol. The van der Waals surface area contributed by atoms with Crippen molar-refractivity contribution in [2.75, 3.05) is 20.1 Å². The molecule has 0 spiro atoms. The van der Waals surface area contributed by atoms with E-state index in [1.807, 2.05) is 0 Å². The number of carbonyl (C=O) groups excluding carboxylic acids is 3. The molecular weight excluding hydrogens is 410 g/mol. The standard InChI is InChI=1S/C22H21N7O3/c1-12(22(32)29-10-13(7-23)11-29)27-21(31)16-8-25-19-18(16)28-17(9-26-19)14-4-3-5-15(6-14)20(30)24-2/h3-6,8-9,12-13H,10-11H2,1-2H3,(H,24,30)(H,25,26)(H,27,31). The number of carbonyl (C=O) groups is 3. The summed E-state index contributed by atoms with van der Waals surface area (Å²) in [6, 6.07) is 8.31. The highest BCUT2D eigenvalue weighted by Crippen LogP contribution is 2.22. The second-order valence-corrected chi connectivity index (χ2v) is 7.58. The van der Waals surface area contributed by atoms with E-state index in [4.69, 9.17) is 5.26 Å². The molecule has 1 fully saturated rings. The number of amides is 3. The van der Waals surface area contributed by atoms with Gasteiger partial charge in [0.25, 0.3) is 11.8 Å². The molecule has 3 heterocycles. The molecule has 3 aromatic rings. The van der Waals surface area contributed by atoms with Crippen LogP contribution in [0, 0.1) is 17.2 Å². The molecule has 1 atom stereocenters. The first-order valence-electron chi connectivity index (χ1n) is 10.1. The smallest absolute Gasteiger partial charge is 0.255 e. The van der Waals surface area contributed by atoms with Gasteiger partial charge in [0.2, 0.25) is 5.91 Å². The number of likely N-dealkylation sites (tertiary alicyclic amines) is 1. The lowest BCUT2D eigenvalue weighted by Gasteiger charge is -2.37. The first kappa shape index (κ1) is 21.0. The predicted molar refractivity (Wildman–Crippen MR) is 115 cm³/mol. The predicted octanol–water partition coefficient (Wildman–Crippen LogP) is 1.08. The summed E-state index contributed by atoms with van der Waals surface area (Å²) < 4.78 is 0. The van der Waals surface area contributed by atoms with E-state index in [0.717, 1.165) is 0 Å². The number of nitrogens with zero attached hydrogens (tertiary/aromatic N) is 4. The number of hydrogen-bond acceptors (Lipinski definition) is 6. The zero-order chi connectivity index (χ0) is 22.8. The highest BCUT2D eigenvalue weighted by molar-refractivity contribution is 6.06. The zero-order valence-corrected chi connectivity index (χ0v) is 17.5.